The molecule has 0 aromatic rings. The van der Waals surface area contributed by atoms with Gasteiger partial charge in [-0.05, 0) is 27.2 Å². The number of hydrogen-bond donors (Lipinski definition) is 2. The molecule has 0 saturated carbocycles. The zero-order valence-corrected chi connectivity index (χ0v) is 11.7. The Morgan fingerprint density at radius 3 is 2.58 bits per heavy atom. The fourth-order valence-electron chi connectivity index (χ4n) is 2.17. The molecule has 1 heterocycles. The number of carbonyl (C=O) groups excluding carboxylic acids is 2. The molecule has 0 spiro atoms. The highest BCUT2D eigenvalue weighted by Crippen LogP contribution is 2.20. The van der Waals surface area contributed by atoms with Gasteiger partial charge in [-0.15, -0.1) is 0 Å². The average molecular weight is 270 g/mol. The molecule has 6 nitrogen and oxygen atoms in total. The Morgan fingerprint density at radius 1 is 1.47 bits per heavy atom. The van der Waals surface area contributed by atoms with Crippen LogP contribution in [0.5, 0.6) is 0 Å². The van der Waals surface area contributed by atoms with E-state index < -0.39 is 11.5 Å². The molecule has 0 bridgehead atoms. The summed E-state index contributed by atoms with van der Waals surface area (Å²) in [7, 11) is 0. The molecule has 0 aromatic heterocycles. The number of carboxylic acids is 1. The minimum Gasteiger partial charge on any atom is -0.481 e. The summed E-state index contributed by atoms with van der Waals surface area (Å²) in [5, 5.41) is 11.5. The average Bonchev–Trinajstić information content (AvgIpc) is 2.68. The molecule has 1 unspecified atom stereocenters. The standard InChI is InChI=1S/C13H22N2O4/c1-4-15-8-9(7-10(15)16)12(19)14-13(2,3)6-5-11(17)18/h9H,4-8H2,1-3H3,(H,14,19)(H,17,18). The van der Waals surface area contributed by atoms with E-state index in [-0.39, 0.29) is 30.6 Å². The van der Waals surface area contributed by atoms with Crippen molar-refractivity contribution >= 4 is 17.8 Å². The Kier molecular flexibility index (Phi) is 4.91. The summed E-state index contributed by atoms with van der Waals surface area (Å²) in [5.74, 6) is -1.36. The number of hydrogen-bond acceptors (Lipinski definition) is 3. The summed E-state index contributed by atoms with van der Waals surface area (Å²) in [6.07, 6.45) is 0.624. The van der Waals surface area contributed by atoms with Gasteiger partial charge in [0.15, 0.2) is 0 Å². The van der Waals surface area contributed by atoms with Crippen LogP contribution in [-0.2, 0) is 14.4 Å². The molecule has 1 atom stereocenters. The lowest BCUT2D eigenvalue weighted by atomic mass is 9.96. The van der Waals surface area contributed by atoms with Crippen LogP contribution < -0.4 is 5.32 Å². The molecular weight excluding hydrogens is 248 g/mol. The van der Waals surface area contributed by atoms with E-state index >= 15 is 0 Å². The molecular formula is C13H22N2O4. The molecule has 1 rings (SSSR count). The normalized spacial score (nSPS) is 19.6. The van der Waals surface area contributed by atoms with E-state index in [9.17, 15) is 14.4 Å². The van der Waals surface area contributed by atoms with Crippen molar-refractivity contribution in [1.29, 1.82) is 0 Å². The van der Waals surface area contributed by atoms with Crippen LogP contribution >= 0.6 is 0 Å². The fourth-order valence-corrected chi connectivity index (χ4v) is 2.17. The highest BCUT2D eigenvalue weighted by Gasteiger charge is 2.35. The van der Waals surface area contributed by atoms with Gasteiger partial charge in [-0.25, -0.2) is 0 Å². The third-order valence-corrected chi connectivity index (χ3v) is 3.39. The van der Waals surface area contributed by atoms with Crippen molar-refractivity contribution in [3.63, 3.8) is 0 Å². The monoisotopic (exact) mass is 270 g/mol. The van der Waals surface area contributed by atoms with E-state index in [4.69, 9.17) is 5.11 Å². The number of nitrogens with one attached hydrogen (secondary N) is 1. The maximum atomic E-state index is 12.1. The van der Waals surface area contributed by atoms with Gasteiger partial charge in [0.1, 0.15) is 0 Å². The minimum absolute atomic E-state index is 0.00555. The number of nitrogens with zero attached hydrogens (tertiary/aromatic N) is 1. The van der Waals surface area contributed by atoms with E-state index in [1.54, 1.807) is 18.7 Å². The topological polar surface area (TPSA) is 86.7 Å². The number of rotatable bonds is 6. The van der Waals surface area contributed by atoms with E-state index in [1.165, 1.54) is 0 Å². The van der Waals surface area contributed by atoms with Crippen molar-refractivity contribution in [3.05, 3.63) is 0 Å². The van der Waals surface area contributed by atoms with Crippen molar-refractivity contribution in [2.24, 2.45) is 5.92 Å². The molecule has 1 aliphatic rings. The Labute approximate surface area is 113 Å². The third kappa shape index (κ3) is 4.54. The maximum Gasteiger partial charge on any atom is 0.303 e. The highest BCUT2D eigenvalue weighted by molar-refractivity contribution is 5.89. The van der Waals surface area contributed by atoms with E-state index in [0.717, 1.165) is 0 Å². The van der Waals surface area contributed by atoms with Crippen LogP contribution in [0.3, 0.4) is 0 Å². The summed E-state index contributed by atoms with van der Waals surface area (Å²) in [6.45, 7) is 6.54. The summed E-state index contributed by atoms with van der Waals surface area (Å²) < 4.78 is 0. The molecule has 108 valence electrons. The molecule has 1 fully saturated rings. The molecule has 0 aromatic carbocycles. The Morgan fingerprint density at radius 2 is 2.11 bits per heavy atom. The van der Waals surface area contributed by atoms with Crippen LogP contribution in [0.4, 0.5) is 0 Å². The third-order valence-electron chi connectivity index (χ3n) is 3.39. The van der Waals surface area contributed by atoms with E-state index in [0.29, 0.717) is 19.5 Å². The van der Waals surface area contributed by atoms with Crippen molar-refractivity contribution in [1.82, 2.24) is 10.2 Å². The van der Waals surface area contributed by atoms with E-state index in [2.05, 4.69) is 5.32 Å². The lowest BCUT2D eigenvalue weighted by Gasteiger charge is -2.27. The zero-order chi connectivity index (χ0) is 14.6. The minimum atomic E-state index is -0.879. The van der Waals surface area contributed by atoms with Crippen molar-refractivity contribution in [2.45, 2.75) is 45.6 Å². The van der Waals surface area contributed by atoms with Crippen LogP contribution in [0.25, 0.3) is 0 Å². The SMILES string of the molecule is CCN1CC(C(=O)NC(C)(C)CCC(=O)O)CC1=O. The molecule has 1 saturated heterocycles. The first-order valence-corrected chi connectivity index (χ1v) is 6.56. The fraction of sp³-hybridized carbons (Fsp3) is 0.769. The molecule has 0 radical (unpaired) electrons. The predicted octanol–water partition coefficient (Wildman–Crippen LogP) is 0.614. The largest absolute Gasteiger partial charge is 0.481 e. The number of amides is 2. The van der Waals surface area contributed by atoms with Crippen LogP contribution in [0.2, 0.25) is 0 Å². The number of likely N-dealkylation sites (tertiary alicyclic amines) is 1. The smallest absolute Gasteiger partial charge is 0.303 e. The van der Waals surface area contributed by atoms with Crippen molar-refractivity contribution in [3.8, 4) is 0 Å². The van der Waals surface area contributed by atoms with Gasteiger partial charge in [0.2, 0.25) is 11.8 Å². The highest BCUT2D eigenvalue weighted by atomic mass is 16.4. The molecule has 2 amide bonds. The van der Waals surface area contributed by atoms with Gasteiger partial charge in [0, 0.05) is 31.5 Å². The predicted molar refractivity (Wildman–Crippen MR) is 69.5 cm³/mol. The number of carboxylic acid groups (broad SMARTS) is 1. The van der Waals surface area contributed by atoms with Crippen LogP contribution in [0, 0.1) is 5.92 Å². The van der Waals surface area contributed by atoms with Gasteiger partial charge < -0.3 is 15.3 Å². The van der Waals surface area contributed by atoms with E-state index in [1.807, 2.05) is 6.92 Å². The van der Waals surface area contributed by atoms with Gasteiger partial charge in [-0.3, -0.25) is 14.4 Å². The summed E-state index contributed by atoms with van der Waals surface area (Å²) in [4.78, 5) is 35.9. The summed E-state index contributed by atoms with van der Waals surface area (Å²) >= 11 is 0. The second-order valence-electron chi connectivity index (χ2n) is 5.60. The first-order valence-electron chi connectivity index (χ1n) is 6.56. The van der Waals surface area contributed by atoms with Crippen LogP contribution in [-0.4, -0.2) is 46.4 Å². The summed E-state index contributed by atoms with van der Waals surface area (Å²) in [5.41, 5.74) is -0.571. The van der Waals surface area contributed by atoms with Gasteiger partial charge in [-0.2, -0.15) is 0 Å². The Bertz CT molecular complexity index is 379. The van der Waals surface area contributed by atoms with Crippen molar-refractivity contribution < 1.29 is 19.5 Å². The van der Waals surface area contributed by atoms with Gasteiger partial charge in [0.05, 0.1) is 5.92 Å². The van der Waals surface area contributed by atoms with Gasteiger partial charge >= 0.3 is 5.97 Å². The Balaban J connectivity index is 2.51. The number of carbonyl (C=O) groups is 3. The zero-order valence-electron chi connectivity index (χ0n) is 11.7. The molecule has 0 aliphatic carbocycles. The van der Waals surface area contributed by atoms with Crippen LogP contribution in [0.15, 0.2) is 0 Å². The second kappa shape index (κ2) is 6.04. The van der Waals surface area contributed by atoms with Crippen molar-refractivity contribution in [2.75, 3.05) is 13.1 Å². The quantitative estimate of drug-likeness (QED) is 0.740. The molecule has 19 heavy (non-hydrogen) atoms. The second-order valence-corrected chi connectivity index (χ2v) is 5.60. The van der Waals surface area contributed by atoms with Gasteiger partial charge in [0.25, 0.3) is 0 Å². The molecule has 2 N–H and O–H groups in total. The maximum absolute atomic E-state index is 12.1. The molecule has 6 heteroatoms. The lowest BCUT2D eigenvalue weighted by molar-refractivity contribution is -0.138. The molecule has 1 aliphatic heterocycles. The first-order chi connectivity index (χ1) is 8.75. The Hall–Kier alpha value is -1.59. The summed E-state index contributed by atoms with van der Waals surface area (Å²) in [6, 6.07) is 0. The number of aliphatic carboxylic acids is 1. The lowest BCUT2D eigenvalue weighted by Crippen LogP contribution is -2.46. The first kappa shape index (κ1) is 15.5. The van der Waals surface area contributed by atoms with Crippen LogP contribution in [0.1, 0.15) is 40.0 Å². The van der Waals surface area contributed by atoms with Gasteiger partial charge in [-0.1, -0.05) is 0 Å².